The van der Waals surface area contributed by atoms with Gasteiger partial charge in [0, 0.05) is 12.3 Å². The highest BCUT2D eigenvalue weighted by atomic mass is 19.4. The summed E-state index contributed by atoms with van der Waals surface area (Å²) in [4.78, 5) is 17.6. The van der Waals surface area contributed by atoms with Gasteiger partial charge in [-0.15, -0.1) is 0 Å². The number of hydrogen-bond acceptors (Lipinski definition) is 5. The molecule has 0 aliphatic carbocycles. The highest BCUT2D eigenvalue weighted by Crippen LogP contribution is 2.28. The quantitative estimate of drug-likeness (QED) is 0.879. The minimum Gasteiger partial charge on any atom is -0.422 e. The van der Waals surface area contributed by atoms with Gasteiger partial charge in [0.15, 0.2) is 11.4 Å². The number of alkyl halides is 3. The fourth-order valence-electron chi connectivity index (χ4n) is 1.07. The van der Waals surface area contributed by atoms with Crippen LogP contribution >= 0.6 is 0 Å². The maximum atomic E-state index is 12.4. The van der Waals surface area contributed by atoms with E-state index in [1.165, 1.54) is 0 Å². The molecule has 0 fully saturated rings. The van der Waals surface area contributed by atoms with Gasteiger partial charge in [-0.3, -0.25) is 4.79 Å². The van der Waals surface area contributed by atoms with Gasteiger partial charge in [-0.25, -0.2) is 10.1 Å². The van der Waals surface area contributed by atoms with E-state index in [1.54, 1.807) is 0 Å². The number of ether oxygens (including phenoxy) is 1. The summed E-state index contributed by atoms with van der Waals surface area (Å²) in [6.07, 6.45) is -2.57. The van der Waals surface area contributed by atoms with E-state index >= 15 is 0 Å². The van der Waals surface area contributed by atoms with Crippen LogP contribution in [-0.4, -0.2) is 20.2 Å². The smallest absolute Gasteiger partial charge is 0.422 e. The fourth-order valence-corrected chi connectivity index (χ4v) is 1.07. The van der Waals surface area contributed by atoms with E-state index < -0.39 is 23.4 Å². The zero-order chi connectivity index (χ0) is 13.2. The number of halogens is 3. The molecule has 1 N–H and O–H groups in total. The van der Waals surface area contributed by atoms with Gasteiger partial charge in [-0.1, -0.05) is 0 Å². The van der Waals surface area contributed by atoms with Crippen molar-refractivity contribution in [3.05, 3.63) is 40.6 Å². The lowest BCUT2D eigenvalue weighted by Crippen LogP contribution is -2.10. The van der Waals surface area contributed by atoms with Gasteiger partial charge >= 0.3 is 12.2 Å². The Morgan fingerprint density at radius 3 is 2.78 bits per heavy atom. The standard InChI is InChI=1S/C9H5F3N4O2/c10-9(11,12)6-1-2-13-8(15-6)18-5-3-7(17)16-14-4-5/h1-4H,(H,16,17). The molecule has 0 unspecified atom stereocenters. The Bertz CT molecular complexity index is 611. The van der Waals surface area contributed by atoms with Crippen molar-refractivity contribution in [2.45, 2.75) is 6.18 Å². The molecule has 2 heterocycles. The average molecular weight is 258 g/mol. The topological polar surface area (TPSA) is 80.8 Å². The molecule has 0 saturated carbocycles. The molecule has 0 aliphatic heterocycles. The Labute approximate surface area is 97.5 Å². The maximum Gasteiger partial charge on any atom is 0.433 e. The Balaban J connectivity index is 2.27. The van der Waals surface area contributed by atoms with Crippen LogP contribution in [0.15, 0.2) is 29.3 Å². The van der Waals surface area contributed by atoms with Gasteiger partial charge in [0.2, 0.25) is 0 Å². The van der Waals surface area contributed by atoms with Gasteiger partial charge in [-0.2, -0.15) is 23.3 Å². The number of nitrogens with zero attached hydrogens (tertiary/aromatic N) is 3. The average Bonchev–Trinajstić information content (AvgIpc) is 2.28. The van der Waals surface area contributed by atoms with Crippen LogP contribution in [0, 0.1) is 0 Å². The molecular weight excluding hydrogens is 253 g/mol. The lowest BCUT2D eigenvalue weighted by Gasteiger charge is -2.07. The van der Waals surface area contributed by atoms with Crippen molar-refractivity contribution in [3.63, 3.8) is 0 Å². The molecule has 0 aliphatic rings. The minimum absolute atomic E-state index is 0.0573. The van der Waals surface area contributed by atoms with Crippen LogP contribution in [0.1, 0.15) is 5.69 Å². The van der Waals surface area contributed by atoms with Crippen LogP contribution in [-0.2, 0) is 6.18 Å². The number of aromatic amines is 1. The molecule has 0 amide bonds. The zero-order valence-electron chi connectivity index (χ0n) is 8.60. The normalized spacial score (nSPS) is 11.3. The number of nitrogens with one attached hydrogen (secondary N) is 1. The van der Waals surface area contributed by atoms with E-state index in [0.29, 0.717) is 6.07 Å². The van der Waals surface area contributed by atoms with Crippen LogP contribution in [0.2, 0.25) is 0 Å². The summed E-state index contributed by atoms with van der Waals surface area (Å²) in [5, 5.41) is 5.50. The molecule has 0 aromatic carbocycles. The van der Waals surface area contributed by atoms with Crippen molar-refractivity contribution in [1.82, 2.24) is 20.2 Å². The van der Waals surface area contributed by atoms with Crippen LogP contribution in [0.25, 0.3) is 0 Å². The third-order valence-corrected chi connectivity index (χ3v) is 1.77. The maximum absolute atomic E-state index is 12.4. The number of H-pyrrole nitrogens is 1. The summed E-state index contributed by atoms with van der Waals surface area (Å²) in [5.41, 5.74) is -1.69. The van der Waals surface area contributed by atoms with Crippen molar-refractivity contribution in [3.8, 4) is 11.8 Å². The number of hydrogen-bond donors (Lipinski definition) is 1. The van der Waals surface area contributed by atoms with E-state index in [9.17, 15) is 18.0 Å². The van der Waals surface area contributed by atoms with E-state index in [4.69, 9.17) is 4.74 Å². The Morgan fingerprint density at radius 2 is 2.11 bits per heavy atom. The number of rotatable bonds is 2. The first kappa shape index (κ1) is 12.0. The van der Waals surface area contributed by atoms with E-state index in [2.05, 4.69) is 20.2 Å². The van der Waals surface area contributed by atoms with Gasteiger partial charge < -0.3 is 4.74 Å². The van der Waals surface area contributed by atoms with Crippen LogP contribution in [0.4, 0.5) is 13.2 Å². The molecular formula is C9H5F3N4O2. The third kappa shape index (κ3) is 2.81. The summed E-state index contributed by atoms with van der Waals surface area (Å²) < 4.78 is 42.0. The van der Waals surface area contributed by atoms with Crippen molar-refractivity contribution in [2.24, 2.45) is 0 Å². The molecule has 2 aromatic rings. The van der Waals surface area contributed by atoms with Crippen LogP contribution in [0.3, 0.4) is 0 Å². The molecule has 0 atom stereocenters. The summed E-state index contributed by atoms with van der Waals surface area (Å²) >= 11 is 0. The van der Waals surface area contributed by atoms with Crippen molar-refractivity contribution in [2.75, 3.05) is 0 Å². The lowest BCUT2D eigenvalue weighted by atomic mass is 10.4. The predicted octanol–water partition coefficient (Wildman–Crippen LogP) is 1.37. The summed E-state index contributed by atoms with van der Waals surface area (Å²) in [6, 6.07) is 1.21. The van der Waals surface area contributed by atoms with Crippen LogP contribution in [0.5, 0.6) is 11.8 Å². The second-order valence-corrected chi connectivity index (χ2v) is 3.11. The zero-order valence-corrected chi connectivity index (χ0v) is 8.60. The first-order valence-corrected chi connectivity index (χ1v) is 4.58. The second kappa shape index (κ2) is 4.43. The summed E-state index contributed by atoms with van der Waals surface area (Å²) in [5.74, 6) is -0.0573. The summed E-state index contributed by atoms with van der Waals surface area (Å²) in [6.45, 7) is 0. The molecule has 18 heavy (non-hydrogen) atoms. The van der Waals surface area contributed by atoms with Crippen LogP contribution < -0.4 is 10.3 Å². The molecule has 9 heteroatoms. The molecule has 0 radical (unpaired) electrons. The predicted molar refractivity (Wildman–Crippen MR) is 52.0 cm³/mol. The number of aromatic nitrogens is 4. The molecule has 94 valence electrons. The van der Waals surface area contributed by atoms with Crippen molar-refractivity contribution < 1.29 is 17.9 Å². The molecule has 6 nitrogen and oxygen atoms in total. The van der Waals surface area contributed by atoms with Gasteiger partial charge in [0.05, 0.1) is 6.20 Å². The van der Waals surface area contributed by atoms with E-state index in [-0.39, 0.29) is 5.75 Å². The van der Waals surface area contributed by atoms with Gasteiger partial charge in [-0.05, 0) is 6.07 Å². The Morgan fingerprint density at radius 1 is 1.33 bits per heavy atom. The Hall–Kier alpha value is -2.45. The highest BCUT2D eigenvalue weighted by Gasteiger charge is 2.33. The first-order valence-electron chi connectivity index (χ1n) is 4.58. The SMILES string of the molecule is O=c1cc(Oc2nccc(C(F)(F)F)n2)cn[nH]1. The molecule has 0 spiro atoms. The van der Waals surface area contributed by atoms with E-state index in [0.717, 1.165) is 18.5 Å². The monoisotopic (exact) mass is 258 g/mol. The van der Waals surface area contributed by atoms with Crippen molar-refractivity contribution >= 4 is 0 Å². The molecule has 0 bridgehead atoms. The third-order valence-electron chi connectivity index (χ3n) is 1.77. The van der Waals surface area contributed by atoms with Gasteiger partial charge in [0.1, 0.15) is 0 Å². The van der Waals surface area contributed by atoms with E-state index in [1.807, 2.05) is 0 Å². The molecule has 0 saturated heterocycles. The molecule has 2 aromatic heterocycles. The van der Waals surface area contributed by atoms with Gasteiger partial charge in [0.25, 0.3) is 5.56 Å². The fraction of sp³-hybridized carbons (Fsp3) is 0.111. The highest BCUT2D eigenvalue weighted by molar-refractivity contribution is 5.19. The summed E-state index contributed by atoms with van der Waals surface area (Å²) in [7, 11) is 0. The second-order valence-electron chi connectivity index (χ2n) is 3.11. The largest absolute Gasteiger partial charge is 0.433 e. The van der Waals surface area contributed by atoms with Crippen molar-refractivity contribution in [1.29, 1.82) is 0 Å². The minimum atomic E-state index is -4.59. The Kier molecular flexibility index (Phi) is 2.96. The lowest BCUT2D eigenvalue weighted by molar-refractivity contribution is -0.141. The first-order chi connectivity index (χ1) is 8.45. The molecule has 2 rings (SSSR count).